The third-order valence-electron chi connectivity index (χ3n) is 2.76. The van der Waals surface area contributed by atoms with Gasteiger partial charge in [0, 0.05) is 18.2 Å². The fourth-order valence-electron chi connectivity index (χ4n) is 1.34. The highest BCUT2D eigenvalue weighted by Crippen LogP contribution is 2.11. The summed E-state index contributed by atoms with van der Waals surface area (Å²) in [5.41, 5.74) is 0.885. The van der Waals surface area contributed by atoms with Crippen LogP contribution in [0.25, 0.3) is 0 Å². The second-order valence-electron chi connectivity index (χ2n) is 4.41. The Morgan fingerprint density at radius 1 is 1.28 bits per heavy atom. The molecule has 0 aliphatic heterocycles. The summed E-state index contributed by atoms with van der Waals surface area (Å²) in [4.78, 5) is 2.24. The molecule has 1 rings (SSSR count). The summed E-state index contributed by atoms with van der Waals surface area (Å²) in [5.74, 6) is 6.31. The van der Waals surface area contributed by atoms with E-state index in [1.165, 1.54) is 0 Å². The fraction of sp³-hybridized carbons (Fsp3) is 0.467. The maximum Gasteiger partial charge on any atom is 0.119 e. The van der Waals surface area contributed by atoms with Crippen LogP contribution >= 0.6 is 0 Å². The molecule has 1 N–H and O–H groups in total. The van der Waals surface area contributed by atoms with E-state index >= 15 is 0 Å². The van der Waals surface area contributed by atoms with Crippen LogP contribution < -0.4 is 4.74 Å². The Balaban J connectivity index is 2.40. The van der Waals surface area contributed by atoms with Crippen molar-refractivity contribution >= 4 is 0 Å². The van der Waals surface area contributed by atoms with Crippen molar-refractivity contribution in [2.45, 2.75) is 19.9 Å². The molecular formula is C15H21NO2. The molecule has 98 valence electrons. The summed E-state index contributed by atoms with van der Waals surface area (Å²) < 4.78 is 5.65. The lowest BCUT2D eigenvalue weighted by Gasteiger charge is -2.20. The van der Waals surface area contributed by atoms with Gasteiger partial charge in [-0.2, -0.15) is 0 Å². The topological polar surface area (TPSA) is 32.7 Å². The highest BCUT2D eigenvalue weighted by molar-refractivity contribution is 5.38. The van der Waals surface area contributed by atoms with Crippen LogP contribution in [0.5, 0.6) is 5.75 Å². The van der Waals surface area contributed by atoms with E-state index in [4.69, 9.17) is 9.84 Å². The molecule has 0 radical (unpaired) electrons. The predicted octanol–water partition coefficient (Wildman–Crippen LogP) is 1.75. The van der Waals surface area contributed by atoms with Gasteiger partial charge < -0.3 is 14.7 Å². The van der Waals surface area contributed by atoms with Crippen molar-refractivity contribution in [2.24, 2.45) is 0 Å². The van der Waals surface area contributed by atoms with Crippen LogP contribution in [0.15, 0.2) is 24.3 Å². The second kappa shape index (κ2) is 7.75. The summed E-state index contributed by atoms with van der Waals surface area (Å²) in [5, 5.41) is 8.59. The molecule has 0 unspecified atom stereocenters. The Labute approximate surface area is 109 Å². The van der Waals surface area contributed by atoms with Gasteiger partial charge in [-0.1, -0.05) is 11.8 Å². The third-order valence-corrected chi connectivity index (χ3v) is 2.76. The van der Waals surface area contributed by atoms with Crippen LogP contribution in [-0.2, 0) is 0 Å². The van der Waals surface area contributed by atoms with Gasteiger partial charge in [-0.05, 0) is 45.2 Å². The zero-order valence-corrected chi connectivity index (χ0v) is 11.3. The number of nitrogens with zero attached hydrogens (tertiary/aromatic N) is 1. The Hall–Kier alpha value is -1.50. The van der Waals surface area contributed by atoms with Gasteiger partial charge in [-0.3, -0.25) is 0 Å². The highest BCUT2D eigenvalue weighted by Gasteiger charge is 2.02. The lowest BCUT2D eigenvalue weighted by molar-refractivity contribution is 0.208. The number of likely N-dealkylation sites (N-methyl/N-ethyl adjacent to an activating group) is 1. The third kappa shape index (κ3) is 5.22. The van der Waals surface area contributed by atoms with Gasteiger partial charge in [0.05, 0.1) is 0 Å². The largest absolute Gasteiger partial charge is 0.492 e. The lowest BCUT2D eigenvalue weighted by atomic mass is 10.2. The monoisotopic (exact) mass is 247 g/mol. The van der Waals surface area contributed by atoms with Crippen LogP contribution in [0.2, 0.25) is 0 Å². The number of rotatable bonds is 5. The Kier molecular flexibility index (Phi) is 6.27. The molecule has 18 heavy (non-hydrogen) atoms. The minimum atomic E-state index is -0.111. The number of ether oxygens (including phenoxy) is 1. The van der Waals surface area contributed by atoms with Crippen molar-refractivity contribution < 1.29 is 9.84 Å². The first-order chi connectivity index (χ1) is 8.63. The summed E-state index contributed by atoms with van der Waals surface area (Å²) in [6, 6.07) is 8.12. The molecule has 0 fully saturated rings. The number of hydrogen-bond donors (Lipinski definition) is 1. The molecular weight excluding hydrogens is 226 g/mol. The normalized spacial score (nSPS) is 10.3. The Morgan fingerprint density at radius 2 is 1.94 bits per heavy atom. The molecule has 0 saturated carbocycles. The molecule has 0 aromatic heterocycles. The van der Waals surface area contributed by atoms with E-state index in [0.717, 1.165) is 17.9 Å². The zero-order valence-electron chi connectivity index (χ0n) is 11.3. The SMILES string of the molecule is CC(C)N(C)CCOc1ccc(C#CCO)cc1. The van der Waals surface area contributed by atoms with E-state index in [2.05, 4.69) is 37.6 Å². The maximum atomic E-state index is 8.59. The summed E-state index contributed by atoms with van der Waals surface area (Å²) >= 11 is 0. The summed E-state index contributed by atoms with van der Waals surface area (Å²) in [7, 11) is 2.08. The van der Waals surface area contributed by atoms with Crippen molar-refractivity contribution in [3.8, 4) is 17.6 Å². The predicted molar refractivity (Wildman–Crippen MR) is 73.7 cm³/mol. The van der Waals surface area contributed by atoms with E-state index in [-0.39, 0.29) is 6.61 Å². The van der Waals surface area contributed by atoms with Gasteiger partial charge in [-0.25, -0.2) is 0 Å². The van der Waals surface area contributed by atoms with Crippen LogP contribution in [0.1, 0.15) is 19.4 Å². The van der Waals surface area contributed by atoms with E-state index in [1.54, 1.807) is 0 Å². The molecule has 0 aliphatic carbocycles. The first-order valence-corrected chi connectivity index (χ1v) is 6.16. The molecule has 0 bridgehead atoms. The van der Waals surface area contributed by atoms with Crippen molar-refractivity contribution in [1.29, 1.82) is 0 Å². The van der Waals surface area contributed by atoms with E-state index in [0.29, 0.717) is 12.6 Å². The van der Waals surface area contributed by atoms with Crippen molar-refractivity contribution in [3.05, 3.63) is 29.8 Å². The van der Waals surface area contributed by atoms with Gasteiger partial charge in [0.2, 0.25) is 0 Å². The maximum absolute atomic E-state index is 8.59. The van der Waals surface area contributed by atoms with Gasteiger partial charge in [0.25, 0.3) is 0 Å². The fourth-order valence-corrected chi connectivity index (χ4v) is 1.34. The second-order valence-corrected chi connectivity index (χ2v) is 4.41. The number of aliphatic hydroxyl groups excluding tert-OH is 1. The van der Waals surface area contributed by atoms with Crippen LogP contribution in [0, 0.1) is 11.8 Å². The van der Waals surface area contributed by atoms with Crippen LogP contribution in [0.3, 0.4) is 0 Å². The molecule has 0 amide bonds. The summed E-state index contributed by atoms with van der Waals surface area (Å²) in [6.45, 7) is 5.79. The number of aliphatic hydroxyl groups is 1. The van der Waals surface area contributed by atoms with Crippen LogP contribution in [0.4, 0.5) is 0 Å². The highest BCUT2D eigenvalue weighted by atomic mass is 16.5. The van der Waals surface area contributed by atoms with Gasteiger partial charge in [0.1, 0.15) is 19.0 Å². The smallest absolute Gasteiger partial charge is 0.119 e. The van der Waals surface area contributed by atoms with E-state index in [1.807, 2.05) is 24.3 Å². The molecule has 3 nitrogen and oxygen atoms in total. The molecule has 0 spiro atoms. The molecule has 0 aliphatic rings. The van der Waals surface area contributed by atoms with Gasteiger partial charge in [0.15, 0.2) is 0 Å². The molecule has 1 aromatic carbocycles. The van der Waals surface area contributed by atoms with E-state index in [9.17, 15) is 0 Å². The number of benzene rings is 1. The molecule has 0 heterocycles. The average molecular weight is 247 g/mol. The first-order valence-electron chi connectivity index (χ1n) is 6.16. The zero-order chi connectivity index (χ0) is 13.4. The molecule has 0 atom stereocenters. The minimum Gasteiger partial charge on any atom is -0.492 e. The molecule has 0 saturated heterocycles. The van der Waals surface area contributed by atoms with E-state index < -0.39 is 0 Å². The van der Waals surface area contributed by atoms with Crippen molar-refractivity contribution in [3.63, 3.8) is 0 Å². The summed E-state index contributed by atoms with van der Waals surface area (Å²) in [6.07, 6.45) is 0. The van der Waals surface area contributed by atoms with Crippen LogP contribution in [-0.4, -0.2) is 42.9 Å². The minimum absolute atomic E-state index is 0.111. The average Bonchev–Trinajstić information content (AvgIpc) is 2.37. The van der Waals surface area contributed by atoms with Gasteiger partial charge >= 0.3 is 0 Å². The molecule has 3 heteroatoms. The standard InChI is InChI=1S/C15H21NO2/c1-13(2)16(3)10-12-18-15-8-6-14(7-9-15)5-4-11-17/h6-9,13,17H,10-12H2,1-3H3. The Bertz CT molecular complexity index is 401. The molecule has 1 aromatic rings. The first kappa shape index (κ1) is 14.6. The number of hydrogen-bond acceptors (Lipinski definition) is 3. The van der Waals surface area contributed by atoms with Crippen molar-refractivity contribution in [2.75, 3.05) is 26.8 Å². The lowest BCUT2D eigenvalue weighted by Crippen LogP contribution is -2.30. The van der Waals surface area contributed by atoms with Crippen molar-refractivity contribution in [1.82, 2.24) is 4.90 Å². The van der Waals surface area contributed by atoms with Gasteiger partial charge in [-0.15, -0.1) is 0 Å². The quantitative estimate of drug-likeness (QED) is 0.805. The Morgan fingerprint density at radius 3 is 2.50 bits per heavy atom.